The number of carbonyl (C=O) groups is 4. The van der Waals surface area contributed by atoms with E-state index in [4.69, 9.17) is 9.47 Å². The summed E-state index contributed by atoms with van der Waals surface area (Å²) in [6.07, 6.45) is 0. The Morgan fingerprint density at radius 3 is 2.47 bits per heavy atom. The molecule has 2 aliphatic rings. The first-order chi connectivity index (χ1) is 14.4. The number of amides is 5. The minimum Gasteiger partial charge on any atom is -0.454 e. The van der Waals surface area contributed by atoms with Crippen molar-refractivity contribution in [2.24, 2.45) is 0 Å². The lowest BCUT2D eigenvalue weighted by atomic mass is 10.1. The van der Waals surface area contributed by atoms with Crippen LogP contribution in [0.3, 0.4) is 0 Å². The topological polar surface area (TPSA) is 105 Å². The zero-order chi connectivity index (χ0) is 21.3. The number of benzene rings is 2. The van der Waals surface area contributed by atoms with Gasteiger partial charge in [-0.25, -0.2) is 9.69 Å². The van der Waals surface area contributed by atoms with Gasteiger partial charge in [0.2, 0.25) is 12.7 Å². The van der Waals surface area contributed by atoms with Crippen molar-refractivity contribution in [2.45, 2.75) is 19.5 Å². The molecule has 4 rings (SSSR count). The number of hydrogen-bond acceptors (Lipinski definition) is 6. The van der Waals surface area contributed by atoms with Crippen molar-refractivity contribution in [1.82, 2.24) is 15.1 Å². The first-order valence-electron chi connectivity index (χ1n) is 9.34. The maximum Gasteiger partial charge on any atom is 0.335 e. The molecule has 0 aromatic heterocycles. The van der Waals surface area contributed by atoms with E-state index in [2.05, 4.69) is 5.32 Å². The second kappa shape index (κ2) is 7.86. The third-order valence-electron chi connectivity index (χ3n) is 4.89. The Morgan fingerprint density at radius 1 is 1.00 bits per heavy atom. The predicted octanol–water partition coefficient (Wildman–Crippen LogP) is 1.58. The number of imide groups is 2. The lowest BCUT2D eigenvalue weighted by molar-refractivity contribution is -0.144. The third-order valence-corrected chi connectivity index (χ3v) is 4.89. The van der Waals surface area contributed by atoms with E-state index in [1.165, 1.54) is 0 Å². The first-order valence-corrected chi connectivity index (χ1v) is 9.34. The molecule has 1 fully saturated rings. The van der Waals surface area contributed by atoms with Crippen LogP contribution < -0.4 is 14.8 Å². The highest BCUT2D eigenvalue weighted by Gasteiger charge is 2.45. The van der Waals surface area contributed by atoms with E-state index >= 15 is 0 Å². The number of ether oxygens (including phenoxy) is 2. The summed E-state index contributed by atoms with van der Waals surface area (Å²) in [4.78, 5) is 50.9. The molecule has 2 aliphatic heterocycles. The molecule has 9 nitrogen and oxygen atoms in total. The van der Waals surface area contributed by atoms with E-state index in [0.717, 1.165) is 10.5 Å². The zero-order valence-electron chi connectivity index (χ0n) is 16.2. The van der Waals surface area contributed by atoms with Crippen molar-refractivity contribution in [3.05, 3.63) is 59.7 Å². The van der Waals surface area contributed by atoms with Crippen molar-refractivity contribution < 1.29 is 28.7 Å². The van der Waals surface area contributed by atoms with Crippen LogP contribution in [-0.4, -0.2) is 46.9 Å². The molecular formula is C21H19N3O6. The maximum absolute atomic E-state index is 12.5. The minimum absolute atomic E-state index is 0.0318. The third kappa shape index (κ3) is 3.69. The number of nitrogens with zero attached hydrogens (tertiary/aromatic N) is 2. The van der Waals surface area contributed by atoms with Gasteiger partial charge in [-0.15, -0.1) is 0 Å². The van der Waals surface area contributed by atoms with E-state index in [1.807, 2.05) is 0 Å². The van der Waals surface area contributed by atoms with Crippen molar-refractivity contribution in [3.63, 3.8) is 0 Å². The summed E-state index contributed by atoms with van der Waals surface area (Å²) in [6.45, 7) is 1.34. The van der Waals surface area contributed by atoms with Crippen molar-refractivity contribution in [1.29, 1.82) is 0 Å². The summed E-state index contributed by atoms with van der Waals surface area (Å²) in [5.74, 6) is -1.30. The van der Waals surface area contributed by atoms with Crippen LogP contribution in [0.15, 0.2) is 48.5 Å². The standard InChI is InChI=1S/C21H19N3O6/c1-13(15-7-8-16-17(9-15)30-12-29-16)22-18(25)11-24-20(27)19(26)23(21(24)28)10-14-5-3-2-4-6-14/h2-9,13H,10-12H2,1H3,(H,22,25)/t13-/m1/s1. The van der Waals surface area contributed by atoms with E-state index in [9.17, 15) is 19.2 Å². The highest BCUT2D eigenvalue weighted by Crippen LogP contribution is 2.34. The summed E-state index contributed by atoms with van der Waals surface area (Å²) >= 11 is 0. The van der Waals surface area contributed by atoms with Crippen LogP contribution in [0.4, 0.5) is 4.79 Å². The predicted molar refractivity (Wildman–Crippen MR) is 103 cm³/mol. The summed E-state index contributed by atoms with van der Waals surface area (Å²) in [5.41, 5.74) is 1.48. The fourth-order valence-corrected chi connectivity index (χ4v) is 3.29. The van der Waals surface area contributed by atoms with Crippen LogP contribution in [0.25, 0.3) is 0 Å². The highest BCUT2D eigenvalue weighted by molar-refractivity contribution is 6.44. The van der Waals surface area contributed by atoms with Crippen LogP contribution in [0.5, 0.6) is 11.5 Å². The van der Waals surface area contributed by atoms with Crippen LogP contribution in [0, 0.1) is 0 Å². The number of rotatable bonds is 6. The monoisotopic (exact) mass is 409 g/mol. The summed E-state index contributed by atoms with van der Waals surface area (Å²) in [7, 11) is 0. The van der Waals surface area contributed by atoms with E-state index in [1.54, 1.807) is 55.5 Å². The molecule has 0 unspecified atom stereocenters. The van der Waals surface area contributed by atoms with Gasteiger partial charge in [0.15, 0.2) is 11.5 Å². The minimum atomic E-state index is -1.01. The van der Waals surface area contributed by atoms with Gasteiger partial charge in [0, 0.05) is 0 Å². The summed E-state index contributed by atoms with van der Waals surface area (Å²) in [5, 5.41) is 2.72. The smallest absolute Gasteiger partial charge is 0.335 e. The molecule has 2 aromatic rings. The maximum atomic E-state index is 12.5. The average molecular weight is 409 g/mol. The molecule has 0 aliphatic carbocycles. The van der Waals surface area contributed by atoms with Gasteiger partial charge < -0.3 is 14.8 Å². The van der Waals surface area contributed by atoms with E-state index in [0.29, 0.717) is 22.0 Å². The SMILES string of the molecule is C[C@@H](NC(=O)CN1C(=O)C(=O)N(Cc2ccccc2)C1=O)c1ccc2c(c1)OCO2. The van der Waals surface area contributed by atoms with Gasteiger partial charge in [-0.2, -0.15) is 0 Å². The number of carbonyl (C=O) groups excluding carboxylic acids is 4. The van der Waals surface area contributed by atoms with Crippen LogP contribution in [0.2, 0.25) is 0 Å². The number of hydrogen-bond donors (Lipinski definition) is 1. The molecule has 0 radical (unpaired) electrons. The summed E-state index contributed by atoms with van der Waals surface area (Å²) < 4.78 is 10.6. The number of fused-ring (bicyclic) bond motifs is 1. The van der Waals surface area contributed by atoms with Gasteiger partial charge in [0.1, 0.15) is 6.54 Å². The first kappa shape index (κ1) is 19.4. The second-order valence-electron chi connectivity index (χ2n) is 6.95. The fraction of sp³-hybridized carbons (Fsp3) is 0.238. The van der Waals surface area contributed by atoms with Crippen molar-refractivity contribution in [3.8, 4) is 11.5 Å². The zero-order valence-corrected chi connectivity index (χ0v) is 16.2. The number of urea groups is 1. The molecule has 154 valence electrons. The van der Waals surface area contributed by atoms with Gasteiger partial charge in [-0.1, -0.05) is 36.4 Å². The lowest BCUT2D eigenvalue weighted by Crippen LogP contribution is -2.42. The lowest BCUT2D eigenvalue weighted by Gasteiger charge is -2.18. The molecule has 0 saturated carbocycles. The van der Waals surface area contributed by atoms with Gasteiger partial charge in [0.25, 0.3) is 0 Å². The molecule has 9 heteroatoms. The van der Waals surface area contributed by atoms with Crippen molar-refractivity contribution in [2.75, 3.05) is 13.3 Å². The second-order valence-corrected chi connectivity index (χ2v) is 6.95. The molecule has 1 atom stereocenters. The fourth-order valence-electron chi connectivity index (χ4n) is 3.29. The molecule has 1 N–H and O–H groups in total. The Hall–Kier alpha value is -3.88. The molecule has 30 heavy (non-hydrogen) atoms. The quantitative estimate of drug-likeness (QED) is 0.574. The van der Waals surface area contributed by atoms with Gasteiger partial charge in [-0.3, -0.25) is 19.3 Å². The Labute approximate surface area is 172 Å². The normalized spacial score (nSPS) is 16.2. The molecule has 1 saturated heterocycles. The van der Waals surface area contributed by atoms with Crippen molar-refractivity contribution >= 4 is 23.8 Å². The van der Waals surface area contributed by atoms with Gasteiger partial charge >= 0.3 is 17.8 Å². The van der Waals surface area contributed by atoms with Crippen LogP contribution in [0.1, 0.15) is 24.1 Å². The van der Waals surface area contributed by atoms with Gasteiger partial charge in [0.05, 0.1) is 12.6 Å². The Bertz CT molecular complexity index is 1020. The summed E-state index contributed by atoms with van der Waals surface area (Å²) in [6, 6.07) is 12.9. The molecule has 2 aromatic carbocycles. The Morgan fingerprint density at radius 2 is 1.70 bits per heavy atom. The Kier molecular flexibility index (Phi) is 5.09. The highest BCUT2D eigenvalue weighted by atomic mass is 16.7. The number of nitrogens with one attached hydrogen (secondary N) is 1. The molecular weight excluding hydrogens is 390 g/mol. The van der Waals surface area contributed by atoms with Crippen LogP contribution >= 0.6 is 0 Å². The Balaban J connectivity index is 1.39. The molecule has 5 amide bonds. The van der Waals surface area contributed by atoms with E-state index < -0.39 is 36.3 Å². The molecule has 2 heterocycles. The molecule has 0 spiro atoms. The average Bonchev–Trinajstić information content (AvgIpc) is 3.29. The van der Waals surface area contributed by atoms with Gasteiger partial charge in [-0.05, 0) is 30.2 Å². The van der Waals surface area contributed by atoms with E-state index in [-0.39, 0.29) is 13.3 Å². The molecule has 0 bridgehead atoms. The van der Waals surface area contributed by atoms with Crippen LogP contribution in [-0.2, 0) is 20.9 Å². The largest absolute Gasteiger partial charge is 0.454 e.